The highest BCUT2D eigenvalue weighted by atomic mass is 32.2. The van der Waals surface area contributed by atoms with Gasteiger partial charge < -0.3 is 10.1 Å². The monoisotopic (exact) mass is 379 g/mol. The summed E-state index contributed by atoms with van der Waals surface area (Å²) in [6.07, 6.45) is 2.42. The molecule has 0 unspecified atom stereocenters. The number of hydrogen-bond acceptors (Lipinski definition) is 5. The van der Waals surface area contributed by atoms with E-state index < -0.39 is 15.6 Å². The van der Waals surface area contributed by atoms with Crippen LogP contribution in [0.25, 0.3) is 0 Å². The van der Waals surface area contributed by atoms with Gasteiger partial charge in [0, 0.05) is 33.2 Å². The Bertz CT molecular complexity index is 773. The molecule has 1 aliphatic carbocycles. The zero-order valence-electron chi connectivity index (χ0n) is 14.9. The molecule has 1 amide bonds. The van der Waals surface area contributed by atoms with Gasteiger partial charge in [0.25, 0.3) is 0 Å². The van der Waals surface area contributed by atoms with E-state index in [0.29, 0.717) is 37.1 Å². The van der Waals surface area contributed by atoms with Crippen LogP contribution in [0.15, 0.2) is 35.2 Å². The van der Waals surface area contributed by atoms with E-state index in [1.807, 2.05) is 0 Å². The lowest BCUT2D eigenvalue weighted by atomic mass is 9.92. The number of hydrogen-bond donors (Lipinski definition) is 1. The summed E-state index contributed by atoms with van der Waals surface area (Å²) in [6, 6.07) is 8.20. The van der Waals surface area contributed by atoms with E-state index in [1.54, 1.807) is 37.4 Å². The molecule has 8 heteroatoms. The Morgan fingerprint density at radius 2 is 1.92 bits per heavy atom. The van der Waals surface area contributed by atoms with Gasteiger partial charge in [0.05, 0.1) is 11.5 Å². The van der Waals surface area contributed by atoms with Crippen molar-refractivity contribution in [2.24, 2.45) is 5.92 Å². The van der Waals surface area contributed by atoms with E-state index >= 15 is 0 Å². The number of carbonyl (C=O) groups is 1. The molecule has 2 aliphatic heterocycles. The van der Waals surface area contributed by atoms with Crippen molar-refractivity contribution in [3.05, 3.63) is 30.3 Å². The molecule has 1 N–H and O–H groups in total. The van der Waals surface area contributed by atoms with E-state index in [-0.39, 0.29) is 11.9 Å². The number of nitrogens with one attached hydrogen (secondary N) is 1. The van der Waals surface area contributed by atoms with Gasteiger partial charge in [-0.2, -0.15) is 4.31 Å². The Morgan fingerprint density at radius 1 is 1.23 bits per heavy atom. The number of morpholine rings is 1. The van der Waals surface area contributed by atoms with Gasteiger partial charge in [0.2, 0.25) is 15.9 Å². The average Bonchev–Trinajstić information content (AvgIpc) is 3.43. The molecule has 0 aromatic heterocycles. The largest absolute Gasteiger partial charge is 0.369 e. The Hall–Kier alpha value is -1.48. The summed E-state index contributed by atoms with van der Waals surface area (Å²) in [5, 5.41) is 2.71. The molecule has 0 radical (unpaired) electrons. The molecule has 3 fully saturated rings. The standard InChI is InChI=1S/C18H25N3O4S/c1-19-17(22)16-10-25-18(11-20(16)9-14-7-8-14)12-21(13-18)26(23,24)15-5-3-2-4-6-15/h2-6,14,16H,7-13H2,1H3,(H,19,22)/t16-/m0/s1. The van der Waals surface area contributed by atoms with E-state index in [9.17, 15) is 13.2 Å². The molecule has 1 spiro atoms. The molecule has 2 heterocycles. The smallest absolute Gasteiger partial charge is 0.243 e. The van der Waals surface area contributed by atoms with Crippen LogP contribution in [0.5, 0.6) is 0 Å². The fourth-order valence-corrected chi connectivity index (χ4v) is 5.43. The third-order valence-electron chi connectivity index (χ3n) is 5.53. The lowest BCUT2D eigenvalue weighted by Crippen LogP contribution is -2.73. The van der Waals surface area contributed by atoms with Crippen molar-refractivity contribution in [1.29, 1.82) is 0 Å². The third-order valence-corrected chi connectivity index (χ3v) is 7.33. The van der Waals surface area contributed by atoms with E-state index in [2.05, 4.69) is 10.2 Å². The van der Waals surface area contributed by atoms with Gasteiger partial charge in [-0.05, 0) is 30.9 Å². The van der Waals surface area contributed by atoms with Crippen molar-refractivity contribution in [2.45, 2.75) is 29.4 Å². The van der Waals surface area contributed by atoms with Gasteiger partial charge in [0.15, 0.2) is 0 Å². The molecule has 1 atom stereocenters. The molecule has 1 aromatic carbocycles. The van der Waals surface area contributed by atoms with Gasteiger partial charge >= 0.3 is 0 Å². The molecule has 7 nitrogen and oxygen atoms in total. The number of likely N-dealkylation sites (N-methyl/N-ethyl adjacent to an activating group) is 1. The predicted molar refractivity (Wildman–Crippen MR) is 96.0 cm³/mol. The van der Waals surface area contributed by atoms with Crippen molar-refractivity contribution in [2.75, 3.05) is 39.8 Å². The highest BCUT2D eigenvalue weighted by Crippen LogP contribution is 2.37. The molecular formula is C18H25N3O4S. The van der Waals surface area contributed by atoms with Gasteiger partial charge in [0.1, 0.15) is 11.6 Å². The molecular weight excluding hydrogens is 354 g/mol. The quantitative estimate of drug-likeness (QED) is 0.795. The van der Waals surface area contributed by atoms with Crippen molar-refractivity contribution in [3.8, 4) is 0 Å². The summed E-state index contributed by atoms with van der Waals surface area (Å²) in [6.45, 7) is 2.47. The van der Waals surface area contributed by atoms with Crippen LogP contribution in [0.3, 0.4) is 0 Å². The van der Waals surface area contributed by atoms with Crippen LogP contribution in [0.1, 0.15) is 12.8 Å². The number of nitrogens with zero attached hydrogens (tertiary/aromatic N) is 2. The second-order valence-electron chi connectivity index (χ2n) is 7.58. The summed E-state index contributed by atoms with van der Waals surface area (Å²) < 4.78 is 32.9. The Labute approximate surface area is 154 Å². The van der Waals surface area contributed by atoms with Crippen molar-refractivity contribution >= 4 is 15.9 Å². The zero-order chi connectivity index (χ0) is 18.4. The minimum Gasteiger partial charge on any atom is -0.369 e. The van der Waals surface area contributed by atoms with Crippen LogP contribution < -0.4 is 5.32 Å². The first kappa shape index (κ1) is 17.9. The molecule has 3 aliphatic rings. The summed E-state index contributed by atoms with van der Waals surface area (Å²) in [4.78, 5) is 14.7. The van der Waals surface area contributed by atoms with E-state index in [1.165, 1.54) is 17.1 Å². The van der Waals surface area contributed by atoms with Crippen LogP contribution >= 0.6 is 0 Å². The van der Waals surface area contributed by atoms with Crippen LogP contribution in [0, 0.1) is 5.92 Å². The van der Waals surface area contributed by atoms with Crippen molar-refractivity contribution < 1.29 is 17.9 Å². The zero-order valence-corrected chi connectivity index (χ0v) is 15.7. The Morgan fingerprint density at radius 3 is 2.54 bits per heavy atom. The summed E-state index contributed by atoms with van der Waals surface area (Å²) >= 11 is 0. The van der Waals surface area contributed by atoms with Gasteiger partial charge in [-0.25, -0.2) is 8.42 Å². The topological polar surface area (TPSA) is 79.0 Å². The van der Waals surface area contributed by atoms with Crippen LogP contribution in [-0.2, 0) is 19.6 Å². The van der Waals surface area contributed by atoms with Gasteiger partial charge in [-0.3, -0.25) is 9.69 Å². The first-order valence-electron chi connectivity index (χ1n) is 9.08. The van der Waals surface area contributed by atoms with E-state index in [0.717, 1.165) is 6.54 Å². The maximum Gasteiger partial charge on any atom is 0.243 e. The number of benzene rings is 1. The lowest BCUT2D eigenvalue weighted by Gasteiger charge is -2.54. The fourth-order valence-electron chi connectivity index (χ4n) is 3.82. The number of rotatable bonds is 5. The van der Waals surface area contributed by atoms with E-state index in [4.69, 9.17) is 4.74 Å². The minimum atomic E-state index is -3.48. The lowest BCUT2D eigenvalue weighted by molar-refractivity contribution is -0.185. The molecule has 142 valence electrons. The normalized spacial score (nSPS) is 26.4. The van der Waals surface area contributed by atoms with Crippen molar-refractivity contribution in [3.63, 3.8) is 0 Å². The summed E-state index contributed by atoms with van der Waals surface area (Å²) in [7, 11) is -1.85. The Kier molecular flexibility index (Phi) is 4.54. The van der Waals surface area contributed by atoms with Gasteiger partial charge in [-0.1, -0.05) is 18.2 Å². The third kappa shape index (κ3) is 3.26. The average molecular weight is 379 g/mol. The highest BCUT2D eigenvalue weighted by Gasteiger charge is 2.54. The molecule has 1 saturated carbocycles. The van der Waals surface area contributed by atoms with Crippen LogP contribution in [0.2, 0.25) is 0 Å². The molecule has 2 saturated heterocycles. The maximum atomic E-state index is 12.7. The fraction of sp³-hybridized carbons (Fsp3) is 0.611. The van der Waals surface area contributed by atoms with Gasteiger partial charge in [-0.15, -0.1) is 0 Å². The summed E-state index contributed by atoms with van der Waals surface area (Å²) in [5.41, 5.74) is -0.499. The number of amides is 1. The van der Waals surface area contributed by atoms with Crippen LogP contribution in [-0.4, -0.2) is 75.0 Å². The molecule has 26 heavy (non-hydrogen) atoms. The number of carbonyl (C=O) groups excluding carboxylic acids is 1. The first-order valence-corrected chi connectivity index (χ1v) is 10.5. The number of sulfonamides is 1. The minimum absolute atomic E-state index is 0.0337. The molecule has 1 aromatic rings. The molecule has 4 rings (SSSR count). The predicted octanol–water partition coefficient (Wildman–Crippen LogP) is 0.287. The molecule has 0 bridgehead atoms. The van der Waals surface area contributed by atoms with Crippen molar-refractivity contribution in [1.82, 2.24) is 14.5 Å². The second-order valence-corrected chi connectivity index (χ2v) is 9.52. The first-order chi connectivity index (χ1) is 12.4. The highest BCUT2D eigenvalue weighted by molar-refractivity contribution is 7.89. The maximum absolute atomic E-state index is 12.7. The Balaban J connectivity index is 1.45. The number of ether oxygens (including phenoxy) is 1. The second kappa shape index (κ2) is 6.60. The van der Waals surface area contributed by atoms with Crippen LogP contribution in [0.4, 0.5) is 0 Å². The summed E-state index contributed by atoms with van der Waals surface area (Å²) in [5.74, 6) is 0.620. The SMILES string of the molecule is CNC(=O)[C@@H]1COC2(CN1CC1CC1)CN(S(=O)(=O)c1ccccc1)C2.